The molecule has 0 aliphatic heterocycles. The fourth-order valence-corrected chi connectivity index (χ4v) is 10.1. The van der Waals surface area contributed by atoms with Gasteiger partial charge in [-0.1, -0.05) is 83.6 Å². The monoisotopic (exact) mass is 533 g/mol. The van der Waals surface area contributed by atoms with E-state index in [9.17, 15) is 0 Å². The predicted octanol–water partition coefficient (Wildman–Crippen LogP) is 12.0. The second-order valence-corrected chi connectivity index (χ2v) is 15.3. The molecule has 4 saturated carbocycles. The van der Waals surface area contributed by atoms with Gasteiger partial charge < -0.3 is 0 Å². The Balaban J connectivity index is 0.00000134. The summed E-state index contributed by atoms with van der Waals surface area (Å²) in [6.07, 6.45) is 28.9. The van der Waals surface area contributed by atoms with Crippen LogP contribution in [-0.2, 0) is 0 Å². The van der Waals surface area contributed by atoms with E-state index >= 15 is 0 Å². The molecule has 8 atom stereocenters. The molecule has 0 aromatic heterocycles. The first kappa shape index (κ1) is 32.0. The molecule has 0 saturated heterocycles. The maximum atomic E-state index is 4.60. The van der Waals surface area contributed by atoms with Crippen LogP contribution >= 0.6 is 0 Å². The zero-order valence-corrected chi connectivity index (χ0v) is 27.2. The lowest BCUT2D eigenvalue weighted by molar-refractivity contribution is -0.127. The van der Waals surface area contributed by atoms with E-state index in [1.54, 1.807) is 12.5 Å². The zero-order valence-electron chi connectivity index (χ0n) is 27.2. The molecule has 0 radical (unpaired) electrons. The van der Waals surface area contributed by atoms with Crippen molar-refractivity contribution < 1.29 is 1.43 Å². The van der Waals surface area contributed by atoms with Crippen molar-refractivity contribution in [1.82, 2.24) is 0 Å². The largest absolute Gasteiger partial charge is 0.120 e. The number of allylic oxidation sites excluding steroid dienone is 6. The van der Waals surface area contributed by atoms with Gasteiger partial charge in [0.05, 0.1) is 0 Å². The van der Waals surface area contributed by atoms with Gasteiger partial charge in [0.15, 0.2) is 0 Å². The van der Waals surface area contributed by atoms with Crippen molar-refractivity contribution in [3.8, 4) is 12.3 Å². The Hall–Kier alpha value is -1.48. The maximum absolute atomic E-state index is 4.60. The number of hydrogen-bond acceptors (Lipinski definition) is 0. The van der Waals surface area contributed by atoms with E-state index in [1.807, 2.05) is 6.08 Å². The van der Waals surface area contributed by atoms with Crippen LogP contribution in [0.2, 0.25) is 0 Å². The van der Waals surface area contributed by atoms with Crippen LogP contribution in [0, 0.1) is 64.1 Å². The fourth-order valence-electron chi connectivity index (χ4n) is 10.1. The summed E-state index contributed by atoms with van der Waals surface area (Å²) in [5.74, 6) is 7.42. The van der Waals surface area contributed by atoms with Crippen molar-refractivity contribution in [3.63, 3.8) is 0 Å². The molecule has 4 aliphatic carbocycles. The van der Waals surface area contributed by atoms with Crippen LogP contribution in [0.5, 0.6) is 0 Å². The van der Waals surface area contributed by atoms with Gasteiger partial charge in [-0.05, 0) is 149 Å². The van der Waals surface area contributed by atoms with E-state index in [0.29, 0.717) is 22.2 Å². The zero-order chi connectivity index (χ0) is 29.0. The average molecular weight is 533 g/mol. The Morgan fingerprint density at radius 2 is 1.64 bits per heavy atom. The lowest BCUT2D eigenvalue weighted by atomic mass is 9.42. The van der Waals surface area contributed by atoms with Crippen LogP contribution in [0.15, 0.2) is 48.1 Å². The quantitative estimate of drug-likeness (QED) is 0.181. The van der Waals surface area contributed by atoms with Crippen molar-refractivity contribution >= 4 is 0 Å². The van der Waals surface area contributed by atoms with Crippen LogP contribution in [0.3, 0.4) is 0 Å². The molecule has 0 bridgehead atoms. The molecule has 0 heteroatoms. The van der Waals surface area contributed by atoms with Gasteiger partial charge in [-0.25, -0.2) is 0 Å². The molecule has 4 aliphatic rings. The molecule has 220 valence electrons. The fraction of sp³-hybridized carbons (Fsp3) is 0.744. The summed E-state index contributed by atoms with van der Waals surface area (Å²) in [7, 11) is 0. The summed E-state index contributed by atoms with van der Waals surface area (Å²) in [5.41, 5.74) is 5.74. The first-order chi connectivity index (χ1) is 18.4. The van der Waals surface area contributed by atoms with E-state index in [2.05, 4.69) is 86.1 Å². The van der Waals surface area contributed by atoms with Crippen LogP contribution in [0.25, 0.3) is 0 Å². The highest BCUT2D eigenvalue weighted by Gasteiger charge is 2.58. The first-order valence-corrected chi connectivity index (χ1v) is 16.4. The summed E-state index contributed by atoms with van der Waals surface area (Å²) in [4.78, 5) is 0. The molecule has 0 aromatic carbocycles. The number of hydrogen-bond donors (Lipinski definition) is 0. The molecule has 0 aromatic rings. The highest BCUT2D eigenvalue weighted by atomic mass is 14.6. The SMILES string of the molecule is C#CC.C=C/C(=C\C(C)C/C(=C\C)[C@@H]1CCC[C@H]2[C@@H]3CCC4CCC(C)(C)CC[C@]4(C)[C@H]3CC[C@]12C)C(=C)C.[HH]. The molecule has 4 fully saturated rings. The molecular weight excluding hydrogens is 468 g/mol. The topological polar surface area (TPSA) is 0 Å². The molecule has 0 heterocycles. The highest BCUT2D eigenvalue weighted by Crippen LogP contribution is 2.67. The Morgan fingerprint density at radius 3 is 2.26 bits per heavy atom. The van der Waals surface area contributed by atoms with Gasteiger partial charge in [0, 0.05) is 1.43 Å². The minimum atomic E-state index is 0. The molecule has 4 rings (SSSR count). The van der Waals surface area contributed by atoms with E-state index in [4.69, 9.17) is 0 Å². The van der Waals surface area contributed by atoms with E-state index in [1.165, 1.54) is 82.6 Å². The smallest absolute Gasteiger partial charge is 0 e. The van der Waals surface area contributed by atoms with Gasteiger partial charge >= 0.3 is 0 Å². The summed E-state index contributed by atoms with van der Waals surface area (Å²) in [6, 6.07) is 0. The third kappa shape index (κ3) is 6.71. The Bertz CT molecular complexity index is 971. The Morgan fingerprint density at radius 1 is 0.974 bits per heavy atom. The molecular formula is C39H64. The van der Waals surface area contributed by atoms with Crippen LogP contribution < -0.4 is 0 Å². The lowest BCUT2D eigenvalue weighted by Crippen LogP contribution is -2.55. The van der Waals surface area contributed by atoms with Gasteiger partial charge in [-0.2, -0.15) is 0 Å². The van der Waals surface area contributed by atoms with Gasteiger partial charge in [0.1, 0.15) is 0 Å². The Kier molecular flexibility index (Phi) is 10.7. The third-order valence-corrected chi connectivity index (χ3v) is 12.4. The lowest BCUT2D eigenvalue weighted by Gasteiger charge is -2.63. The minimum Gasteiger partial charge on any atom is -0.120 e. The second kappa shape index (κ2) is 13.0. The number of fused-ring (bicyclic) bond motifs is 5. The second-order valence-electron chi connectivity index (χ2n) is 15.3. The Labute approximate surface area is 245 Å². The van der Waals surface area contributed by atoms with Gasteiger partial charge in [-0.3, -0.25) is 0 Å². The van der Waals surface area contributed by atoms with Crippen molar-refractivity contribution in [3.05, 3.63) is 48.1 Å². The van der Waals surface area contributed by atoms with Crippen LogP contribution in [0.4, 0.5) is 0 Å². The van der Waals surface area contributed by atoms with Crippen molar-refractivity contribution in [2.75, 3.05) is 0 Å². The van der Waals surface area contributed by atoms with Crippen LogP contribution in [-0.4, -0.2) is 0 Å². The normalized spacial score (nSPS) is 38.8. The standard InChI is InChI=1S/C36H58.C3H4.H2/c1-10-27(25(3)4)23-26(5)24-28(11-2)31-13-12-14-32-30-16-15-29-17-19-34(6,7)21-22-35(29,8)33(30)18-20-36(31,32)9;1-3-2;/h10-11,23,26,29-33H,1,3,12-22,24H2,2,4-9H3;1H,2H3;1H/b27-23+,28-11+;;/t26?,29?,30-,31-,32-,33-,35-,36+;;/m0../s1. The maximum Gasteiger partial charge on any atom is 0 e. The third-order valence-electron chi connectivity index (χ3n) is 12.4. The molecule has 0 nitrogen and oxygen atoms in total. The minimum absolute atomic E-state index is 0. The molecule has 2 unspecified atom stereocenters. The predicted molar refractivity (Wildman–Crippen MR) is 175 cm³/mol. The van der Waals surface area contributed by atoms with Gasteiger partial charge in [0.25, 0.3) is 0 Å². The highest BCUT2D eigenvalue weighted by molar-refractivity contribution is 5.36. The summed E-state index contributed by atoms with van der Waals surface area (Å²) >= 11 is 0. The summed E-state index contributed by atoms with van der Waals surface area (Å²) in [5, 5.41) is 0. The van der Waals surface area contributed by atoms with Gasteiger partial charge in [-0.15, -0.1) is 12.3 Å². The number of rotatable bonds is 6. The van der Waals surface area contributed by atoms with E-state index in [0.717, 1.165) is 35.2 Å². The molecule has 0 spiro atoms. The molecule has 39 heavy (non-hydrogen) atoms. The summed E-state index contributed by atoms with van der Waals surface area (Å²) < 4.78 is 0. The average Bonchev–Trinajstić information content (AvgIpc) is 3.01. The van der Waals surface area contributed by atoms with Gasteiger partial charge in [0.2, 0.25) is 0 Å². The van der Waals surface area contributed by atoms with Crippen molar-refractivity contribution in [1.29, 1.82) is 0 Å². The van der Waals surface area contributed by atoms with E-state index < -0.39 is 0 Å². The van der Waals surface area contributed by atoms with E-state index in [-0.39, 0.29) is 1.43 Å². The van der Waals surface area contributed by atoms with Crippen molar-refractivity contribution in [2.24, 2.45) is 51.8 Å². The molecule has 0 amide bonds. The van der Waals surface area contributed by atoms with Crippen LogP contribution in [0.1, 0.15) is 134 Å². The first-order valence-electron chi connectivity index (χ1n) is 16.4. The van der Waals surface area contributed by atoms with Crippen molar-refractivity contribution in [2.45, 2.75) is 132 Å². The number of terminal acetylenes is 1. The molecule has 0 N–H and O–H groups in total. The summed E-state index contributed by atoms with van der Waals surface area (Å²) in [6.45, 7) is 27.2.